The summed E-state index contributed by atoms with van der Waals surface area (Å²) < 4.78 is 49.4. The molecule has 1 atom stereocenters. The standard InChI is InChI=1S/C15H22F4N4.HI/c1-20-14(21-9-8-15(17,18)19)22-10-13(23(2)3)11-4-6-12(16)7-5-11;/h4-7,13H,8-10H2,1-3H3,(H2,20,21,22);1H. The maximum Gasteiger partial charge on any atom is 0.390 e. The van der Waals surface area contributed by atoms with E-state index in [1.54, 1.807) is 12.1 Å². The zero-order valence-electron chi connectivity index (χ0n) is 13.8. The number of aliphatic imine (C=N–C) groups is 1. The van der Waals surface area contributed by atoms with Gasteiger partial charge in [-0.05, 0) is 31.8 Å². The van der Waals surface area contributed by atoms with Crippen LogP contribution < -0.4 is 10.6 Å². The van der Waals surface area contributed by atoms with Gasteiger partial charge in [0.05, 0.1) is 12.5 Å². The van der Waals surface area contributed by atoms with Crippen molar-refractivity contribution in [3.05, 3.63) is 35.6 Å². The van der Waals surface area contributed by atoms with Crippen LogP contribution in [0.15, 0.2) is 29.3 Å². The van der Waals surface area contributed by atoms with E-state index in [0.29, 0.717) is 12.5 Å². The molecule has 0 aliphatic heterocycles. The van der Waals surface area contributed by atoms with Crippen molar-refractivity contribution in [2.24, 2.45) is 4.99 Å². The molecule has 1 unspecified atom stereocenters. The molecule has 9 heteroatoms. The van der Waals surface area contributed by atoms with Crippen LogP contribution in [0.2, 0.25) is 0 Å². The fourth-order valence-corrected chi connectivity index (χ4v) is 2.02. The largest absolute Gasteiger partial charge is 0.390 e. The molecule has 0 fully saturated rings. The maximum absolute atomic E-state index is 13.0. The summed E-state index contributed by atoms with van der Waals surface area (Å²) in [5.41, 5.74) is 0.898. The van der Waals surface area contributed by atoms with E-state index in [0.717, 1.165) is 5.56 Å². The van der Waals surface area contributed by atoms with Crippen molar-refractivity contribution >= 4 is 29.9 Å². The number of guanidine groups is 1. The van der Waals surface area contributed by atoms with Gasteiger partial charge in [-0.2, -0.15) is 13.2 Å². The van der Waals surface area contributed by atoms with Gasteiger partial charge < -0.3 is 15.5 Å². The third kappa shape index (κ3) is 8.67. The van der Waals surface area contributed by atoms with Crippen LogP contribution in [0.3, 0.4) is 0 Å². The topological polar surface area (TPSA) is 39.7 Å². The minimum atomic E-state index is -4.20. The zero-order chi connectivity index (χ0) is 17.5. The molecule has 138 valence electrons. The summed E-state index contributed by atoms with van der Waals surface area (Å²) in [5.74, 6) is -0.0212. The Hall–Kier alpha value is -1.10. The van der Waals surface area contributed by atoms with E-state index in [4.69, 9.17) is 0 Å². The lowest BCUT2D eigenvalue weighted by atomic mass is 10.1. The molecule has 1 aromatic carbocycles. The van der Waals surface area contributed by atoms with Crippen LogP contribution in [0, 0.1) is 5.82 Å². The monoisotopic (exact) mass is 462 g/mol. The first kappa shape index (κ1) is 22.9. The molecule has 0 bridgehead atoms. The van der Waals surface area contributed by atoms with Gasteiger partial charge in [-0.25, -0.2) is 4.39 Å². The highest BCUT2D eigenvalue weighted by Gasteiger charge is 2.26. The number of likely N-dealkylation sites (N-methyl/N-ethyl adjacent to an activating group) is 1. The minimum Gasteiger partial charge on any atom is -0.356 e. The molecule has 0 amide bonds. The molecule has 0 radical (unpaired) electrons. The molecule has 0 spiro atoms. The average molecular weight is 462 g/mol. The summed E-state index contributed by atoms with van der Waals surface area (Å²) in [4.78, 5) is 5.83. The van der Waals surface area contributed by atoms with E-state index in [-0.39, 0.29) is 42.4 Å². The molecule has 2 N–H and O–H groups in total. The van der Waals surface area contributed by atoms with Gasteiger partial charge in [0.25, 0.3) is 0 Å². The molecule has 0 aliphatic carbocycles. The second kappa shape index (κ2) is 10.7. The van der Waals surface area contributed by atoms with E-state index < -0.39 is 12.6 Å². The first-order valence-corrected chi connectivity index (χ1v) is 7.16. The van der Waals surface area contributed by atoms with Crippen molar-refractivity contribution in [2.45, 2.75) is 18.6 Å². The molecule has 0 saturated heterocycles. The van der Waals surface area contributed by atoms with Gasteiger partial charge in [0.2, 0.25) is 0 Å². The summed E-state index contributed by atoms with van der Waals surface area (Å²) in [5, 5.41) is 5.61. The number of benzene rings is 1. The van der Waals surface area contributed by atoms with Gasteiger partial charge in [0, 0.05) is 20.1 Å². The Bertz CT molecular complexity index is 503. The number of rotatable bonds is 6. The molecular weight excluding hydrogens is 439 g/mol. The first-order chi connectivity index (χ1) is 10.7. The lowest BCUT2D eigenvalue weighted by Gasteiger charge is -2.26. The number of nitrogens with zero attached hydrogens (tertiary/aromatic N) is 2. The van der Waals surface area contributed by atoms with Crippen molar-refractivity contribution in [3.8, 4) is 0 Å². The van der Waals surface area contributed by atoms with Crippen LogP contribution in [0.25, 0.3) is 0 Å². The van der Waals surface area contributed by atoms with Crippen LogP contribution in [0.5, 0.6) is 0 Å². The number of hydrogen-bond donors (Lipinski definition) is 2. The van der Waals surface area contributed by atoms with E-state index in [2.05, 4.69) is 15.6 Å². The van der Waals surface area contributed by atoms with Gasteiger partial charge in [-0.15, -0.1) is 24.0 Å². The van der Waals surface area contributed by atoms with E-state index in [1.807, 2.05) is 19.0 Å². The number of alkyl halides is 3. The van der Waals surface area contributed by atoms with Crippen LogP contribution in [-0.4, -0.2) is 51.3 Å². The summed E-state index contributed by atoms with van der Waals surface area (Å²) >= 11 is 0. The third-order valence-electron chi connectivity index (χ3n) is 3.27. The summed E-state index contributed by atoms with van der Waals surface area (Å²) in [6.45, 7) is 0.177. The highest BCUT2D eigenvalue weighted by atomic mass is 127. The summed E-state index contributed by atoms with van der Waals surface area (Å²) in [6, 6.07) is 6.05. The Morgan fingerprint density at radius 1 is 1.17 bits per heavy atom. The lowest BCUT2D eigenvalue weighted by Crippen LogP contribution is -2.42. The predicted molar refractivity (Wildman–Crippen MR) is 98.3 cm³/mol. The predicted octanol–water partition coefficient (Wildman–Crippen LogP) is 3.16. The van der Waals surface area contributed by atoms with Gasteiger partial charge in [-0.3, -0.25) is 4.99 Å². The fourth-order valence-electron chi connectivity index (χ4n) is 2.02. The lowest BCUT2D eigenvalue weighted by molar-refractivity contribution is -0.132. The first-order valence-electron chi connectivity index (χ1n) is 7.16. The highest BCUT2D eigenvalue weighted by molar-refractivity contribution is 14.0. The van der Waals surface area contributed by atoms with Crippen molar-refractivity contribution in [1.82, 2.24) is 15.5 Å². The maximum atomic E-state index is 13.0. The van der Waals surface area contributed by atoms with E-state index >= 15 is 0 Å². The van der Waals surface area contributed by atoms with Crippen molar-refractivity contribution in [3.63, 3.8) is 0 Å². The molecule has 0 aromatic heterocycles. The Kier molecular flexibility index (Phi) is 10.2. The van der Waals surface area contributed by atoms with Gasteiger partial charge >= 0.3 is 6.18 Å². The molecule has 24 heavy (non-hydrogen) atoms. The number of halogens is 5. The quantitative estimate of drug-likeness (QED) is 0.296. The molecule has 1 aromatic rings. The average Bonchev–Trinajstić information content (AvgIpc) is 2.45. The molecule has 4 nitrogen and oxygen atoms in total. The molecule has 1 rings (SSSR count). The normalized spacial score (nSPS) is 13.4. The van der Waals surface area contributed by atoms with Crippen LogP contribution >= 0.6 is 24.0 Å². The van der Waals surface area contributed by atoms with Crippen LogP contribution in [0.1, 0.15) is 18.0 Å². The Labute approximate surface area is 156 Å². The molecule has 0 aliphatic rings. The van der Waals surface area contributed by atoms with Crippen molar-refractivity contribution in [2.75, 3.05) is 34.2 Å². The Morgan fingerprint density at radius 3 is 2.21 bits per heavy atom. The van der Waals surface area contributed by atoms with Crippen molar-refractivity contribution in [1.29, 1.82) is 0 Å². The summed E-state index contributed by atoms with van der Waals surface area (Å²) in [7, 11) is 5.23. The summed E-state index contributed by atoms with van der Waals surface area (Å²) in [6.07, 6.45) is -5.13. The second-order valence-corrected chi connectivity index (χ2v) is 5.28. The second-order valence-electron chi connectivity index (χ2n) is 5.28. The fraction of sp³-hybridized carbons (Fsp3) is 0.533. The molecular formula is C15H23F4IN4. The Balaban J connectivity index is 0.00000529. The minimum absolute atomic E-state index is 0. The van der Waals surface area contributed by atoms with E-state index in [1.165, 1.54) is 19.2 Å². The van der Waals surface area contributed by atoms with Crippen molar-refractivity contribution < 1.29 is 17.6 Å². The van der Waals surface area contributed by atoms with Gasteiger partial charge in [-0.1, -0.05) is 12.1 Å². The molecule has 0 saturated carbocycles. The number of nitrogens with one attached hydrogen (secondary N) is 2. The van der Waals surface area contributed by atoms with E-state index in [9.17, 15) is 17.6 Å². The smallest absolute Gasteiger partial charge is 0.356 e. The molecule has 0 heterocycles. The van der Waals surface area contributed by atoms with Crippen LogP contribution in [0.4, 0.5) is 17.6 Å². The zero-order valence-corrected chi connectivity index (χ0v) is 16.2. The van der Waals surface area contributed by atoms with Gasteiger partial charge in [0.1, 0.15) is 5.82 Å². The highest BCUT2D eigenvalue weighted by Crippen LogP contribution is 2.19. The third-order valence-corrected chi connectivity index (χ3v) is 3.27. The number of hydrogen-bond acceptors (Lipinski definition) is 2. The SMILES string of the molecule is CN=C(NCCC(F)(F)F)NCC(c1ccc(F)cc1)N(C)C.I. The van der Waals surface area contributed by atoms with Gasteiger partial charge in [0.15, 0.2) is 5.96 Å². The Morgan fingerprint density at radius 2 is 1.75 bits per heavy atom. The van der Waals surface area contributed by atoms with Crippen LogP contribution in [-0.2, 0) is 0 Å².